The van der Waals surface area contributed by atoms with Gasteiger partial charge in [-0.1, -0.05) is 60.7 Å². The molecule has 1 heterocycles. The number of nitrogens with one attached hydrogen (secondary N) is 1. The van der Waals surface area contributed by atoms with Crippen LogP contribution in [0.3, 0.4) is 0 Å². The minimum atomic E-state index is 0.442. The molecule has 6 heteroatoms. The molecular weight excluding hydrogens is 412 g/mol. The van der Waals surface area contributed by atoms with E-state index in [0.717, 1.165) is 28.1 Å². The van der Waals surface area contributed by atoms with E-state index in [0.29, 0.717) is 30.7 Å². The van der Waals surface area contributed by atoms with Crippen LogP contribution in [0.2, 0.25) is 0 Å². The topological polar surface area (TPSA) is 68.6 Å². The zero-order valence-corrected chi connectivity index (χ0v) is 18.7. The standard InChI is InChI=1S/C27H26N4O2/c1-20-15-21(2)30-27(29-20)31-28-17-24-13-14-25(32-18-22-9-5-3-6-10-22)26(16-24)33-19-23-11-7-4-8-12-23/h3-17H,18-19H2,1-2H3,(H,29,30,31)/b28-17-. The molecule has 0 aliphatic heterocycles. The third kappa shape index (κ3) is 6.64. The van der Waals surface area contributed by atoms with E-state index in [2.05, 4.69) is 20.5 Å². The highest BCUT2D eigenvalue weighted by Crippen LogP contribution is 2.29. The fourth-order valence-corrected chi connectivity index (χ4v) is 3.25. The second kappa shape index (κ2) is 10.9. The number of rotatable bonds is 9. The molecule has 4 rings (SSSR count). The van der Waals surface area contributed by atoms with Gasteiger partial charge in [0.2, 0.25) is 5.95 Å². The molecule has 0 amide bonds. The Hall–Kier alpha value is -4.19. The summed E-state index contributed by atoms with van der Waals surface area (Å²) in [5, 5.41) is 4.28. The lowest BCUT2D eigenvalue weighted by Crippen LogP contribution is -2.02. The van der Waals surface area contributed by atoms with Gasteiger partial charge in [0.25, 0.3) is 0 Å². The van der Waals surface area contributed by atoms with Gasteiger partial charge in [0, 0.05) is 11.4 Å². The maximum Gasteiger partial charge on any atom is 0.243 e. The van der Waals surface area contributed by atoms with Gasteiger partial charge in [-0.2, -0.15) is 5.10 Å². The van der Waals surface area contributed by atoms with Crippen LogP contribution in [0.25, 0.3) is 0 Å². The highest BCUT2D eigenvalue weighted by molar-refractivity contribution is 5.81. The molecule has 0 unspecified atom stereocenters. The minimum Gasteiger partial charge on any atom is -0.485 e. The summed E-state index contributed by atoms with van der Waals surface area (Å²) < 4.78 is 12.2. The summed E-state index contributed by atoms with van der Waals surface area (Å²) in [4.78, 5) is 8.66. The van der Waals surface area contributed by atoms with Crippen LogP contribution in [0.4, 0.5) is 5.95 Å². The van der Waals surface area contributed by atoms with Crippen LogP contribution in [-0.4, -0.2) is 16.2 Å². The van der Waals surface area contributed by atoms with Crippen molar-refractivity contribution in [2.45, 2.75) is 27.1 Å². The summed E-state index contributed by atoms with van der Waals surface area (Å²) in [5.41, 5.74) is 7.70. The fourth-order valence-electron chi connectivity index (χ4n) is 3.25. The molecule has 1 N–H and O–H groups in total. The zero-order chi connectivity index (χ0) is 22.9. The van der Waals surface area contributed by atoms with E-state index in [1.807, 2.05) is 98.8 Å². The molecule has 1 aromatic heterocycles. The van der Waals surface area contributed by atoms with E-state index in [1.54, 1.807) is 6.21 Å². The average molecular weight is 439 g/mol. The molecule has 0 aliphatic carbocycles. The summed E-state index contributed by atoms with van der Waals surface area (Å²) in [7, 11) is 0. The third-order valence-corrected chi connectivity index (χ3v) is 4.80. The van der Waals surface area contributed by atoms with Crippen LogP contribution in [0.1, 0.15) is 28.1 Å². The lowest BCUT2D eigenvalue weighted by molar-refractivity contribution is 0.256. The van der Waals surface area contributed by atoms with Crippen LogP contribution in [0.15, 0.2) is 90.0 Å². The van der Waals surface area contributed by atoms with Crippen LogP contribution in [0.5, 0.6) is 11.5 Å². The van der Waals surface area contributed by atoms with Crippen molar-refractivity contribution in [1.29, 1.82) is 0 Å². The highest BCUT2D eigenvalue weighted by Gasteiger charge is 2.08. The molecule has 0 bridgehead atoms. The summed E-state index contributed by atoms with van der Waals surface area (Å²) >= 11 is 0. The molecule has 3 aromatic carbocycles. The number of aromatic nitrogens is 2. The zero-order valence-electron chi connectivity index (χ0n) is 18.7. The molecule has 0 fully saturated rings. The number of aryl methyl sites for hydroxylation is 2. The van der Waals surface area contributed by atoms with Crippen molar-refractivity contribution in [1.82, 2.24) is 9.97 Å². The van der Waals surface area contributed by atoms with Gasteiger partial charge in [-0.05, 0) is 54.8 Å². The lowest BCUT2D eigenvalue weighted by atomic mass is 10.2. The number of anilines is 1. The molecule has 0 spiro atoms. The molecule has 0 saturated heterocycles. The number of nitrogens with zero attached hydrogens (tertiary/aromatic N) is 3. The first kappa shape index (κ1) is 22.0. The molecular formula is C27H26N4O2. The Bertz CT molecular complexity index is 1190. The average Bonchev–Trinajstić information content (AvgIpc) is 2.83. The van der Waals surface area contributed by atoms with Crippen molar-refractivity contribution in [2.75, 3.05) is 5.43 Å². The maximum absolute atomic E-state index is 6.12. The summed E-state index contributed by atoms with van der Waals surface area (Å²) in [6.07, 6.45) is 1.71. The van der Waals surface area contributed by atoms with E-state index in [4.69, 9.17) is 9.47 Å². The second-order valence-corrected chi connectivity index (χ2v) is 7.60. The van der Waals surface area contributed by atoms with E-state index in [9.17, 15) is 0 Å². The number of hydrazone groups is 1. The molecule has 0 aliphatic rings. The van der Waals surface area contributed by atoms with Gasteiger partial charge in [-0.3, -0.25) is 0 Å². The van der Waals surface area contributed by atoms with Gasteiger partial charge in [0.1, 0.15) is 13.2 Å². The maximum atomic E-state index is 6.12. The van der Waals surface area contributed by atoms with Crippen LogP contribution in [0, 0.1) is 13.8 Å². The van der Waals surface area contributed by atoms with Crippen molar-refractivity contribution >= 4 is 12.2 Å². The Labute approximate surface area is 194 Å². The van der Waals surface area contributed by atoms with E-state index in [1.165, 1.54) is 0 Å². The van der Waals surface area contributed by atoms with Crippen LogP contribution < -0.4 is 14.9 Å². The SMILES string of the molecule is Cc1cc(C)nc(N/N=C\c2ccc(OCc3ccccc3)c(OCc3ccccc3)c2)n1. The predicted molar refractivity (Wildman–Crippen MR) is 131 cm³/mol. The van der Waals surface area contributed by atoms with Crippen molar-refractivity contribution in [3.63, 3.8) is 0 Å². The van der Waals surface area contributed by atoms with Gasteiger partial charge in [-0.25, -0.2) is 15.4 Å². The van der Waals surface area contributed by atoms with Gasteiger partial charge < -0.3 is 9.47 Å². The van der Waals surface area contributed by atoms with E-state index < -0.39 is 0 Å². The first-order chi connectivity index (χ1) is 16.2. The third-order valence-electron chi connectivity index (χ3n) is 4.80. The largest absolute Gasteiger partial charge is 0.485 e. The first-order valence-electron chi connectivity index (χ1n) is 10.7. The Morgan fingerprint density at radius 2 is 1.30 bits per heavy atom. The van der Waals surface area contributed by atoms with E-state index >= 15 is 0 Å². The van der Waals surface area contributed by atoms with Crippen molar-refractivity contribution in [3.8, 4) is 11.5 Å². The fraction of sp³-hybridized carbons (Fsp3) is 0.148. The normalized spacial score (nSPS) is 10.8. The quantitative estimate of drug-likeness (QED) is 0.268. The molecule has 6 nitrogen and oxygen atoms in total. The molecule has 33 heavy (non-hydrogen) atoms. The first-order valence-corrected chi connectivity index (χ1v) is 10.7. The van der Waals surface area contributed by atoms with E-state index in [-0.39, 0.29) is 0 Å². The Morgan fingerprint density at radius 3 is 1.91 bits per heavy atom. The van der Waals surface area contributed by atoms with Crippen LogP contribution in [-0.2, 0) is 13.2 Å². The Morgan fingerprint density at radius 1 is 0.727 bits per heavy atom. The highest BCUT2D eigenvalue weighted by atomic mass is 16.5. The monoisotopic (exact) mass is 438 g/mol. The van der Waals surface area contributed by atoms with Crippen molar-refractivity contribution in [3.05, 3.63) is 113 Å². The summed E-state index contributed by atoms with van der Waals surface area (Å²) in [6, 6.07) is 27.8. The molecule has 0 radical (unpaired) electrons. The predicted octanol–water partition coefficient (Wildman–Crippen LogP) is 5.70. The minimum absolute atomic E-state index is 0.442. The Kier molecular flexibility index (Phi) is 7.28. The number of hydrogen-bond acceptors (Lipinski definition) is 6. The van der Waals surface area contributed by atoms with Crippen LogP contribution >= 0.6 is 0 Å². The van der Waals surface area contributed by atoms with Crippen molar-refractivity contribution in [2.24, 2.45) is 5.10 Å². The second-order valence-electron chi connectivity index (χ2n) is 7.60. The summed E-state index contributed by atoms with van der Waals surface area (Å²) in [6.45, 7) is 4.75. The molecule has 0 saturated carbocycles. The van der Waals surface area contributed by atoms with Crippen molar-refractivity contribution < 1.29 is 9.47 Å². The molecule has 4 aromatic rings. The van der Waals surface area contributed by atoms with Gasteiger partial charge >= 0.3 is 0 Å². The summed E-state index contributed by atoms with van der Waals surface area (Å²) in [5.74, 6) is 1.80. The number of ether oxygens (including phenoxy) is 2. The molecule has 0 atom stereocenters. The van der Waals surface area contributed by atoms with Gasteiger partial charge in [0.15, 0.2) is 11.5 Å². The lowest BCUT2D eigenvalue weighted by Gasteiger charge is -2.14. The number of benzene rings is 3. The van der Waals surface area contributed by atoms with Gasteiger partial charge in [-0.15, -0.1) is 0 Å². The number of hydrogen-bond donors (Lipinski definition) is 1. The van der Waals surface area contributed by atoms with Gasteiger partial charge in [0.05, 0.1) is 6.21 Å². The smallest absolute Gasteiger partial charge is 0.243 e. The molecule has 166 valence electrons. The Balaban J connectivity index is 1.49.